The molecule has 0 saturated heterocycles. The minimum Gasteiger partial charge on any atom is -0.177 e. The number of benzene rings is 1. The van der Waals surface area contributed by atoms with Gasteiger partial charge in [0.1, 0.15) is 16.7 Å². The summed E-state index contributed by atoms with van der Waals surface area (Å²) in [7, 11) is 0. The fraction of sp³-hybridized carbons (Fsp3) is 0.167. The first kappa shape index (κ1) is 16.2. The first-order valence-corrected chi connectivity index (χ1v) is 11.4. The van der Waals surface area contributed by atoms with Crippen LogP contribution < -0.4 is 0 Å². The monoisotopic (exact) mass is 680 g/mol. The average Bonchev–Trinajstić information content (AvgIpc) is 3.11. The van der Waals surface area contributed by atoms with Crippen molar-refractivity contribution in [1.29, 1.82) is 0 Å². The van der Waals surface area contributed by atoms with Crippen molar-refractivity contribution in [2.75, 3.05) is 0 Å². The van der Waals surface area contributed by atoms with E-state index in [0.29, 0.717) is 0 Å². The molecule has 2 heterocycles. The highest BCUT2D eigenvalue weighted by atomic mass is 127. The number of rotatable bonds is 1. The summed E-state index contributed by atoms with van der Waals surface area (Å²) in [5, 5.41) is 0. The molecule has 0 bridgehead atoms. The zero-order valence-corrected chi connectivity index (χ0v) is 19.5. The van der Waals surface area contributed by atoms with Crippen LogP contribution in [-0.2, 0) is 0 Å². The Hall–Kier alpha value is 0.760. The predicted molar refractivity (Wildman–Crippen MR) is 114 cm³/mol. The van der Waals surface area contributed by atoms with E-state index in [1.54, 1.807) is 0 Å². The number of aromatic nitrogens is 4. The van der Waals surface area contributed by atoms with Crippen LogP contribution in [0.5, 0.6) is 0 Å². The molecular formula is C12H4Br2I2N4S2. The quantitative estimate of drug-likeness (QED) is 0.248. The fourth-order valence-corrected chi connectivity index (χ4v) is 7.89. The third-order valence-electron chi connectivity index (χ3n) is 3.45. The molecule has 1 aliphatic carbocycles. The Labute approximate surface area is 178 Å². The molecule has 0 aliphatic heterocycles. The van der Waals surface area contributed by atoms with Crippen LogP contribution in [0, 0.1) is 3.57 Å². The second kappa shape index (κ2) is 6.24. The van der Waals surface area contributed by atoms with Crippen molar-refractivity contribution >= 4 is 116 Å². The van der Waals surface area contributed by atoms with Gasteiger partial charge >= 0.3 is 0 Å². The number of halogens is 4. The summed E-state index contributed by atoms with van der Waals surface area (Å²) in [4.78, 5) is 0. The topological polar surface area (TPSA) is 51.6 Å². The van der Waals surface area contributed by atoms with E-state index in [9.17, 15) is 0 Å². The van der Waals surface area contributed by atoms with Crippen LogP contribution in [0.1, 0.15) is 22.9 Å². The maximum absolute atomic E-state index is 4.57. The molecule has 1 aliphatic rings. The van der Waals surface area contributed by atoms with Crippen LogP contribution in [0.4, 0.5) is 0 Å². The molecule has 0 N–H and O–H groups in total. The van der Waals surface area contributed by atoms with Crippen LogP contribution in [-0.4, -0.2) is 21.4 Å². The summed E-state index contributed by atoms with van der Waals surface area (Å²) >= 11 is 14.5. The lowest BCUT2D eigenvalue weighted by Gasteiger charge is -2.25. The van der Waals surface area contributed by atoms with E-state index in [1.165, 1.54) is 32.6 Å². The lowest BCUT2D eigenvalue weighted by atomic mass is 9.87. The Kier molecular flexibility index (Phi) is 4.61. The molecule has 2 atom stereocenters. The molecule has 1 aromatic carbocycles. The number of allylic oxidation sites excluding steroid dienone is 1. The third kappa shape index (κ3) is 2.52. The van der Waals surface area contributed by atoms with Gasteiger partial charge in [0.25, 0.3) is 0 Å². The Morgan fingerprint density at radius 1 is 1.05 bits per heavy atom. The van der Waals surface area contributed by atoms with E-state index in [-0.39, 0.29) is 9.84 Å². The van der Waals surface area contributed by atoms with Gasteiger partial charge < -0.3 is 0 Å². The van der Waals surface area contributed by atoms with Gasteiger partial charge in [-0.15, -0.1) is 0 Å². The lowest BCUT2D eigenvalue weighted by molar-refractivity contribution is 0.828. The number of hydrogen-bond donors (Lipinski definition) is 0. The first-order valence-electron chi connectivity index (χ1n) is 6.02. The summed E-state index contributed by atoms with van der Waals surface area (Å²) < 4.78 is 21.4. The van der Waals surface area contributed by atoms with Crippen LogP contribution in [0.2, 0.25) is 0 Å². The average molecular weight is 682 g/mol. The van der Waals surface area contributed by atoms with Crippen LogP contribution >= 0.6 is 100 Å². The summed E-state index contributed by atoms with van der Waals surface area (Å²) in [6.45, 7) is 0. The number of nitrogens with zero attached hydrogens (tertiary/aromatic N) is 4. The molecule has 0 spiro atoms. The largest absolute Gasteiger partial charge is 0.177 e. The van der Waals surface area contributed by atoms with Crippen molar-refractivity contribution < 1.29 is 0 Å². The number of alkyl halides is 1. The van der Waals surface area contributed by atoms with Crippen LogP contribution in [0.15, 0.2) is 16.6 Å². The minimum atomic E-state index is 0.141. The van der Waals surface area contributed by atoms with E-state index in [0.717, 1.165) is 31.4 Å². The molecule has 4 nitrogen and oxygen atoms in total. The van der Waals surface area contributed by atoms with E-state index in [4.69, 9.17) is 0 Å². The van der Waals surface area contributed by atoms with Crippen molar-refractivity contribution in [3.05, 3.63) is 37.1 Å². The molecule has 22 heavy (non-hydrogen) atoms. The molecule has 3 aromatic rings. The second-order valence-electron chi connectivity index (χ2n) is 4.65. The van der Waals surface area contributed by atoms with Gasteiger partial charge in [-0.1, -0.05) is 28.7 Å². The Morgan fingerprint density at radius 2 is 1.77 bits per heavy atom. The Bertz CT molecular complexity index is 923. The van der Waals surface area contributed by atoms with Crippen molar-refractivity contribution in [2.24, 2.45) is 0 Å². The number of fused-ring (bicyclic) bond motifs is 2. The number of hydrogen-bond acceptors (Lipinski definition) is 6. The van der Waals surface area contributed by atoms with Gasteiger partial charge in [-0.3, -0.25) is 0 Å². The van der Waals surface area contributed by atoms with E-state index in [2.05, 4.69) is 107 Å². The smallest absolute Gasteiger partial charge is 0.119 e. The highest BCUT2D eigenvalue weighted by Crippen LogP contribution is 2.46. The zero-order chi connectivity index (χ0) is 15.4. The van der Waals surface area contributed by atoms with Crippen molar-refractivity contribution in [3.63, 3.8) is 0 Å². The summed E-state index contributed by atoms with van der Waals surface area (Å²) in [5.74, 6) is 0.141. The Morgan fingerprint density at radius 3 is 2.59 bits per heavy atom. The van der Waals surface area contributed by atoms with Gasteiger partial charge in [-0.25, -0.2) is 0 Å². The Balaban J connectivity index is 2.02. The van der Waals surface area contributed by atoms with E-state index >= 15 is 0 Å². The minimum absolute atomic E-state index is 0.141. The molecular weight excluding hydrogens is 678 g/mol. The van der Waals surface area contributed by atoms with Crippen LogP contribution in [0.25, 0.3) is 15.5 Å². The van der Waals surface area contributed by atoms with Crippen molar-refractivity contribution in [3.8, 4) is 0 Å². The first-order chi connectivity index (χ1) is 10.6. The molecule has 2 unspecified atom stereocenters. The standard InChI is InChI=1S/C12H4Br2I2N4S2/c13-3-1-5(15)7(11-9(3)17-21-19-11)8-6(16)2-4(14)10-12(8)20-22-18-10/h1-2,5,7H. The van der Waals surface area contributed by atoms with Gasteiger partial charge in [0.15, 0.2) is 0 Å². The maximum atomic E-state index is 4.57. The van der Waals surface area contributed by atoms with Crippen molar-refractivity contribution in [1.82, 2.24) is 17.5 Å². The van der Waals surface area contributed by atoms with E-state index in [1.807, 2.05) is 0 Å². The fourth-order valence-electron chi connectivity index (χ4n) is 2.52. The lowest BCUT2D eigenvalue weighted by Crippen LogP contribution is -2.19. The molecule has 2 aromatic heterocycles. The summed E-state index contributed by atoms with van der Waals surface area (Å²) in [5.41, 5.74) is 5.03. The second-order valence-corrected chi connectivity index (χ2v) is 10.0. The maximum Gasteiger partial charge on any atom is 0.119 e. The third-order valence-corrected chi connectivity index (χ3v) is 7.74. The van der Waals surface area contributed by atoms with Gasteiger partial charge in [0.2, 0.25) is 0 Å². The van der Waals surface area contributed by atoms with Gasteiger partial charge in [0, 0.05) is 27.9 Å². The summed E-state index contributed by atoms with van der Waals surface area (Å²) in [6.07, 6.45) is 2.19. The van der Waals surface area contributed by atoms with Gasteiger partial charge in [-0.2, -0.15) is 17.5 Å². The van der Waals surface area contributed by atoms with Gasteiger partial charge in [0.05, 0.1) is 29.2 Å². The zero-order valence-electron chi connectivity index (χ0n) is 10.4. The predicted octanol–water partition coefficient (Wildman–Crippen LogP) is 5.59. The molecule has 0 radical (unpaired) electrons. The highest BCUT2D eigenvalue weighted by Gasteiger charge is 2.35. The van der Waals surface area contributed by atoms with Crippen LogP contribution in [0.3, 0.4) is 0 Å². The van der Waals surface area contributed by atoms with Crippen molar-refractivity contribution in [2.45, 2.75) is 9.84 Å². The SMILES string of the molecule is BrC1=CC(I)C(c2c(I)cc(Br)c3nsnc23)c2nsnc21. The van der Waals surface area contributed by atoms with Gasteiger partial charge in [-0.05, 0) is 60.5 Å². The molecule has 4 rings (SSSR count). The normalized spacial score (nSPS) is 21.0. The van der Waals surface area contributed by atoms with E-state index < -0.39 is 0 Å². The molecule has 10 heteroatoms. The molecule has 0 saturated carbocycles. The summed E-state index contributed by atoms with van der Waals surface area (Å²) in [6, 6.07) is 2.11. The molecule has 0 amide bonds. The molecule has 0 fully saturated rings. The molecule has 112 valence electrons. The highest BCUT2D eigenvalue weighted by molar-refractivity contribution is 14.1.